The molecule has 0 aliphatic carbocycles. The van der Waals surface area contributed by atoms with Gasteiger partial charge >= 0.3 is 0 Å². The Hall–Kier alpha value is -4.06. The molecule has 6 nitrogen and oxygen atoms in total. The molecule has 0 bridgehead atoms. The van der Waals surface area contributed by atoms with Gasteiger partial charge in [-0.3, -0.25) is 9.78 Å². The minimum Gasteiger partial charge on any atom is -0.320 e. The van der Waals surface area contributed by atoms with Crippen molar-refractivity contribution in [3.05, 3.63) is 84.2 Å². The second kappa shape index (κ2) is 7.89. The smallest absolute Gasteiger partial charge is 0.256 e. The van der Waals surface area contributed by atoms with Crippen molar-refractivity contribution in [3.8, 4) is 11.3 Å². The predicted molar refractivity (Wildman–Crippen MR) is 128 cm³/mol. The molecule has 0 unspecified atom stereocenters. The fraction of sp³-hybridized carbons (Fsp3) is 0.154. The number of nitrogens with one attached hydrogen (secondary N) is 1. The van der Waals surface area contributed by atoms with Crippen molar-refractivity contribution in [2.24, 2.45) is 0 Å². The zero-order valence-corrected chi connectivity index (χ0v) is 18.2. The van der Waals surface area contributed by atoms with E-state index in [9.17, 15) is 4.79 Å². The molecule has 5 aromatic rings. The van der Waals surface area contributed by atoms with Gasteiger partial charge in [-0.2, -0.15) is 5.10 Å². The molecular weight excluding hydrogens is 398 g/mol. The number of amides is 1. The maximum atomic E-state index is 13.5. The Morgan fingerprint density at radius 3 is 2.66 bits per heavy atom. The third kappa shape index (κ3) is 3.39. The number of hydrogen-bond acceptors (Lipinski definition) is 4. The number of carbonyl (C=O) groups excluding carboxylic acids is 1. The number of fused-ring (bicyclic) bond motifs is 2. The van der Waals surface area contributed by atoms with Crippen LogP contribution in [0.25, 0.3) is 33.2 Å². The summed E-state index contributed by atoms with van der Waals surface area (Å²) in [6.45, 7) is 6.15. The van der Waals surface area contributed by atoms with E-state index in [1.165, 1.54) is 0 Å². The zero-order chi connectivity index (χ0) is 22.2. The van der Waals surface area contributed by atoms with Crippen LogP contribution in [0.15, 0.2) is 73.1 Å². The summed E-state index contributed by atoms with van der Waals surface area (Å²) in [5, 5.41) is 9.27. The molecule has 32 heavy (non-hydrogen) atoms. The van der Waals surface area contributed by atoms with Crippen LogP contribution < -0.4 is 5.32 Å². The SMILES string of the molecule is Cc1ccccc1-c1cc(C(=O)Nc2cccc3cccnc23)c2cnn(C(C)C)c2n1. The van der Waals surface area contributed by atoms with Crippen LogP contribution in [0.5, 0.6) is 0 Å². The summed E-state index contributed by atoms with van der Waals surface area (Å²) in [6.07, 6.45) is 3.45. The fourth-order valence-electron chi connectivity index (χ4n) is 3.98. The van der Waals surface area contributed by atoms with Gasteiger partial charge in [0.15, 0.2) is 5.65 Å². The Bertz CT molecular complexity index is 1460. The molecule has 0 saturated heterocycles. The number of anilines is 1. The molecule has 1 N–H and O–H groups in total. The Kier molecular flexibility index (Phi) is 4.90. The lowest BCUT2D eigenvalue weighted by atomic mass is 10.0. The fourth-order valence-corrected chi connectivity index (χ4v) is 3.98. The van der Waals surface area contributed by atoms with Crippen LogP contribution in [0.4, 0.5) is 5.69 Å². The van der Waals surface area contributed by atoms with Gasteiger partial charge in [0.05, 0.1) is 34.0 Å². The topological polar surface area (TPSA) is 72.7 Å². The third-order valence-corrected chi connectivity index (χ3v) is 5.60. The molecule has 0 fully saturated rings. The Morgan fingerprint density at radius 2 is 1.84 bits per heavy atom. The second-order valence-electron chi connectivity index (χ2n) is 8.12. The van der Waals surface area contributed by atoms with Gasteiger partial charge < -0.3 is 5.32 Å². The van der Waals surface area contributed by atoms with Gasteiger partial charge in [-0.25, -0.2) is 9.67 Å². The molecule has 6 heteroatoms. The van der Waals surface area contributed by atoms with Crippen molar-refractivity contribution in [3.63, 3.8) is 0 Å². The molecule has 158 valence electrons. The summed E-state index contributed by atoms with van der Waals surface area (Å²) in [4.78, 5) is 22.9. The largest absolute Gasteiger partial charge is 0.320 e. The minimum absolute atomic E-state index is 0.116. The van der Waals surface area contributed by atoms with Crippen molar-refractivity contribution in [1.29, 1.82) is 0 Å². The van der Waals surface area contributed by atoms with E-state index in [2.05, 4.69) is 29.2 Å². The Morgan fingerprint density at radius 1 is 1.03 bits per heavy atom. The summed E-state index contributed by atoms with van der Waals surface area (Å²) in [5.74, 6) is -0.214. The molecule has 2 aromatic carbocycles. The Labute approximate surface area is 185 Å². The Balaban J connectivity index is 1.67. The molecule has 0 radical (unpaired) electrons. The van der Waals surface area contributed by atoms with E-state index in [0.29, 0.717) is 16.9 Å². The number of benzene rings is 2. The highest BCUT2D eigenvalue weighted by Gasteiger charge is 2.20. The number of aromatic nitrogens is 4. The van der Waals surface area contributed by atoms with Crippen molar-refractivity contribution < 1.29 is 4.79 Å². The van der Waals surface area contributed by atoms with Gasteiger partial charge in [-0.15, -0.1) is 0 Å². The number of hydrogen-bond donors (Lipinski definition) is 1. The number of nitrogens with zero attached hydrogens (tertiary/aromatic N) is 4. The molecule has 0 aliphatic heterocycles. The summed E-state index contributed by atoms with van der Waals surface area (Å²) in [6, 6.07) is 19.6. The predicted octanol–water partition coefficient (Wildman–Crippen LogP) is 5.79. The minimum atomic E-state index is -0.214. The van der Waals surface area contributed by atoms with Crippen molar-refractivity contribution in [1.82, 2.24) is 19.7 Å². The molecule has 3 aromatic heterocycles. The van der Waals surface area contributed by atoms with Crippen LogP contribution in [-0.2, 0) is 0 Å². The van der Waals surface area contributed by atoms with E-state index in [-0.39, 0.29) is 11.9 Å². The van der Waals surface area contributed by atoms with Crippen LogP contribution in [0.2, 0.25) is 0 Å². The monoisotopic (exact) mass is 421 g/mol. The molecule has 0 atom stereocenters. The van der Waals surface area contributed by atoms with Gasteiger partial charge in [-0.1, -0.05) is 42.5 Å². The van der Waals surface area contributed by atoms with Gasteiger partial charge in [0, 0.05) is 23.2 Å². The van der Waals surface area contributed by atoms with Crippen LogP contribution in [0.3, 0.4) is 0 Å². The van der Waals surface area contributed by atoms with Crippen molar-refractivity contribution >= 4 is 33.5 Å². The first-order valence-corrected chi connectivity index (χ1v) is 10.6. The standard InChI is InChI=1S/C26H23N5O/c1-16(2)31-25-21(15-28-31)20(14-23(29-25)19-11-5-4-8-17(19)3)26(32)30-22-12-6-9-18-10-7-13-27-24(18)22/h4-16H,1-3H3,(H,30,32). The first kappa shape index (κ1) is 19.9. The van der Waals surface area contributed by atoms with Crippen LogP contribution >= 0.6 is 0 Å². The molecular formula is C26H23N5O. The van der Waals surface area contributed by atoms with E-state index >= 15 is 0 Å². The lowest BCUT2D eigenvalue weighted by molar-refractivity contribution is 0.102. The zero-order valence-electron chi connectivity index (χ0n) is 18.2. The molecule has 0 aliphatic rings. The molecule has 0 saturated carbocycles. The summed E-state index contributed by atoms with van der Waals surface area (Å²) in [7, 11) is 0. The number of para-hydroxylation sites is 1. The molecule has 0 spiro atoms. The average molecular weight is 422 g/mol. The maximum absolute atomic E-state index is 13.5. The second-order valence-corrected chi connectivity index (χ2v) is 8.12. The van der Waals surface area contributed by atoms with E-state index in [0.717, 1.165) is 33.1 Å². The third-order valence-electron chi connectivity index (χ3n) is 5.60. The lowest BCUT2D eigenvalue weighted by Gasteiger charge is -2.13. The highest BCUT2D eigenvalue weighted by Crippen LogP contribution is 2.29. The van der Waals surface area contributed by atoms with Crippen LogP contribution in [-0.4, -0.2) is 25.7 Å². The first-order chi connectivity index (χ1) is 15.5. The maximum Gasteiger partial charge on any atom is 0.256 e. The van der Waals surface area contributed by atoms with Gasteiger partial charge in [-0.05, 0) is 44.5 Å². The quantitative estimate of drug-likeness (QED) is 0.399. The summed E-state index contributed by atoms with van der Waals surface area (Å²) in [5.41, 5.74) is 5.50. The summed E-state index contributed by atoms with van der Waals surface area (Å²) >= 11 is 0. The van der Waals surface area contributed by atoms with E-state index in [4.69, 9.17) is 4.98 Å². The van der Waals surface area contributed by atoms with Gasteiger partial charge in [0.1, 0.15) is 0 Å². The van der Waals surface area contributed by atoms with Crippen LogP contribution in [0.1, 0.15) is 35.8 Å². The van der Waals surface area contributed by atoms with E-state index in [1.54, 1.807) is 12.4 Å². The highest BCUT2D eigenvalue weighted by atomic mass is 16.1. The number of pyridine rings is 2. The van der Waals surface area contributed by atoms with Gasteiger partial charge in [0.2, 0.25) is 0 Å². The normalized spacial score (nSPS) is 11.4. The average Bonchev–Trinajstić information content (AvgIpc) is 3.23. The van der Waals surface area contributed by atoms with Crippen molar-refractivity contribution in [2.75, 3.05) is 5.32 Å². The molecule has 5 rings (SSSR count). The van der Waals surface area contributed by atoms with Crippen molar-refractivity contribution in [2.45, 2.75) is 26.8 Å². The number of aryl methyl sites for hydroxylation is 1. The number of rotatable bonds is 4. The highest BCUT2D eigenvalue weighted by molar-refractivity contribution is 6.14. The molecule has 1 amide bonds. The van der Waals surface area contributed by atoms with E-state index < -0.39 is 0 Å². The number of carbonyl (C=O) groups is 1. The molecule has 3 heterocycles. The lowest BCUT2D eigenvalue weighted by Crippen LogP contribution is -2.14. The summed E-state index contributed by atoms with van der Waals surface area (Å²) < 4.78 is 1.85. The first-order valence-electron chi connectivity index (χ1n) is 10.6. The van der Waals surface area contributed by atoms with Crippen LogP contribution in [0, 0.1) is 6.92 Å². The van der Waals surface area contributed by atoms with E-state index in [1.807, 2.05) is 72.3 Å². The van der Waals surface area contributed by atoms with Gasteiger partial charge in [0.25, 0.3) is 5.91 Å².